The summed E-state index contributed by atoms with van der Waals surface area (Å²) in [5, 5.41) is 9.73. The molecule has 3 heterocycles. The van der Waals surface area contributed by atoms with Crippen LogP contribution in [0, 0.1) is 18.3 Å². The SMILES string of the molecule is CCOCCCN1C(=O)C(=Cc2c(C)c(C#N)c(=O)n(CC)c2N2CCN(CC)CC2)SC1=S. The van der Waals surface area contributed by atoms with Crippen molar-refractivity contribution >= 4 is 46.1 Å². The molecule has 2 aliphatic heterocycles. The van der Waals surface area contributed by atoms with Gasteiger partial charge in [-0.1, -0.05) is 30.9 Å². The molecule has 0 aromatic carbocycles. The summed E-state index contributed by atoms with van der Waals surface area (Å²) in [7, 11) is 0. The predicted octanol–water partition coefficient (Wildman–Crippen LogP) is 2.82. The van der Waals surface area contributed by atoms with Crippen molar-refractivity contribution in [3.63, 3.8) is 0 Å². The van der Waals surface area contributed by atoms with Crippen LogP contribution in [0.4, 0.5) is 5.82 Å². The molecule has 2 saturated heterocycles. The van der Waals surface area contributed by atoms with Crippen molar-refractivity contribution in [3.8, 4) is 6.07 Å². The lowest BCUT2D eigenvalue weighted by Gasteiger charge is -2.37. The highest BCUT2D eigenvalue weighted by Crippen LogP contribution is 2.36. The number of likely N-dealkylation sites (N-methyl/N-ethyl adjacent to an activating group) is 1. The molecule has 2 fully saturated rings. The predicted molar refractivity (Wildman–Crippen MR) is 141 cm³/mol. The molecule has 2 aliphatic rings. The summed E-state index contributed by atoms with van der Waals surface area (Å²) in [6.07, 6.45) is 2.53. The fourth-order valence-electron chi connectivity index (χ4n) is 4.35. The first kappa shape index (κ1) is 26.4. The highest BCUT2D eigenvalue weighted by Gasteiger charge is 2.33. The lowest BCUT2D eigenvalue weighted by molar-refractivity contribution is -0.122. The quantitative estimate of drug-likeness (QED) is 0.289. The zero-order chi connectivity index (χ0) is 24.8. The molecule has 0 radical (unpaired) electrons. The first-order valence-electron chi connectivity index (χ1n) is 11.9. The highest BCUT2D eigenvalue weighted by molar-refractivity contribution is 8.26. The van der Waals surface area contributed by atoms with E-state index in [4.69, 9.17) is 17.0 Å². The maximum Gasteiger partial charge on any atom is 0.270 e. The average Bonchev–Trinajstić information content (AvgIpc) is 3.11. The Morgan fingerprint density at radius 1 is 1.15 bits per heavy atom. The van der Waals surface area contributed by atoms with Crippen molar-refractivity contribution in [2.75, 3.05) is 57.4 Å². The Balaban J connectivity index is 2.04. The monoisotopic (exact) mass is 503 g/mol. The molecule has 184 valence electrons. The summed E-state index contributed by atoms with van der Waals surface area (Å²) < 4.78 is 7.58. The third-order valence-electron chi connectivity index (χ3n) is 6.31. The number of anilines is 1. The highest BCUT2D eigenvalue weighted by atomic mass is 32.2. The van der Waals surface area contributed by atoms with Crippen LogP contribution >= 0.6 is 24.0 Å². The van der Waals surface area contributed by atoms with Crippen LogP contribution < -0.4 is 10.5 Å². The summed E-state index contributed by atoms with van der Waals surface area (Å²) in [4.78, 5) is 33.0. The molecule has 1 aromatic heterocycles. The molecule has 0 saturated carbocycles. The van der Waals surface area contributed by atoms with E-state index in [2.05, 4.69) is 22.8 Å². The second-order valence-corrected chi connectivity index (χ2v) is 9.88. The van der Waals surface area contributed by atoms with Crippen LogP contribution in [0.1, 0.15) is 43.9 Å². The number of carbonyl (C=O) groups excluding carboxylic acids is 1. The number of thioether (sulfide) groups is 1. The normalized spacial score (nSPS) is 18.3. The first-order valence-corrected chi connectivity index (χ1v) is 13.1. The molecular weight excluding hydrogens is 470 g/mol. The van der Waals surface area contributed by atoms with Gasteiger partial charge in [-0.2, -0.15) is 5.26 Å². The van der Waals surface area contributed by atoms with Gasteiger partial charge >= 0.3 is 0 Å². The van der Waals surface area contributed by atoms with Gasteiger partial charge in [0.25, 0.3) is 11.5 Å². The molecule has 10 heteroatoms. The van der Waals surface area contributed by atoms with Crippen molar-refractivity contribution in [2.45, 2.75) is 40.7 Å². The first-order chi connectivity index (χ1) is 16.4. The lowest BCUT2D eigenvalue weighted by Crippen LogP contribution is -2.48. The van der Waals surface area contributed by atoms with Gasteiger partial charge in [0.2, 0.25) is 0 Å². The van der Waals surface area contributed by atoms with Crippen LogP contribution in [0.5, 0.6) is 0 Å². The number of nitrogens with zero attached hydrogens (tertiary/aromatic N) is 5. The summed E-state index contributed by atoms with van der Waals surface area (Å²) >= 11 is 6.76. The molecule has 0 atom stereocenters. The van der Waals surface area contributed by atoms with E-state index in [1.807, 2.05) is 19.9 Å². The number of rotatable bonds is 9. The topological polar surface area (TPSA) is 81.8 Å². The van der Waals surface area contributed by atoms with Crippen molar-refractivity contribution in [2.24, 2.45) is 0 Å². The second kappa shape index (κ2) is 12.0. The Hall–Kier alpha value is -2.19. The number of ether oxygens (including phenoxy) is 1. The van der Waals surface area contributed by atoms with Crippen LogP contribution in [-0.2, 0) is 16.1 Å². The Kier molecular flexibility index (Phi) is 9.31. The summed E-state index contributed by atoms with van der Waals surface area (Å²) in [6, 6.07) is 2.09. The minimum atomic E-state index is -0.281. The molecule has 0 N–H and O–H groups in total. The van der Waals surface area contributed by atoms with Crippen molar-refractivity contribution in [1.29, 1.82) is 5.26 Å². The number of pyridine rings is 1. The number of hydrogen-bond acceptors (Lipinski definition) is 8. The van der Waals surface area contributed by atoms with Crippen LogP contribution in [0.15, 0.2) is 9.70 Å². The number of carbonyl (C=O) groups is 1. The Bertz CT molecular complexity index is 1070. The van der Waals surface area contributed by atoms with E-state index in [0.717, 1.165) is 44.1 Å². The van der Waals surface area contributed by atoms with Crippen LogP contribution in [-0.4, -0.2) is 77.1 Å². The smallest absolute Gasteiger partial charge is 0.270 e. The van der Waals surface area contributed by atoms with E-state index in [-0.39, 0.29) is 17.0 Å². The molecule has 3 rings (SSSR count). The Labute approximate surface area is 211 Å². The number of aromatic nitrogens is 1. The van der Waals surface area contributed by atoms with E-state index in [0.29, 0.717) is 47.5 Å². The standard InChI is InChI=1S/C24H33N5O3S2/c1-5-26-10-12-27(13-11-26)21-18(17(4)19(16-25)22(30)28(21)6-2)15-20-23(31)29(24(33)34-20)9-8-14-32-7-3/h15H,5-14H2,1-4H3. The minimum Gasteiger partial charge on any atom is -0.382 e. The molecule has 0 spiro atoms. The second-order valence-electron chi connectivity index (χ2n) is 8.20. The molecule has 1 aromatic rings. The molecule has 0 bridgehead atoms. The zero-order valence-electron chi connectivity index (χ0n) is 20.4. The van der Waals surface area contributed by atoms with Gasteiger partial charge in [-0.3, -0.25) is 19.1 Å². The van der Waals surface area contributed by atoms with Crippen molar-refractivity contribution in [3.05, 3.63) is 31.9 Å². The van der Waals surface area contributed by atoms with Crippen molar-refractivity contribution in [1.82, 2.24) is 14.4 Å². The van der Waals surface area contributed by atoms with E-state index in [1.165, 1.54) is 11.8 Å². The summed E-state index contributed by atoms with van der Waals surface area (Å²) in [5.74, 6) is 0.641. The molecule has 34 heavy (non-hydrogen) atoms. The molecule has 0 unspecified atom stereocenters. The largest absolute Gasteiger partial charge is 0.382 e. The fourth-order valence-corrected chi connectivity index (χ4v) is 5.64. The summed E-state index contributed by atoms with van der Waals surface area (Å²) in [5.41, 5.74) is 1.19. The van der Waals surface area contributed by atoms with Gasteiger partial charge in [0.05, 0.1) is 4.91 Å². The van der Waals surface area contributed by atoms with Crippen LogP contribution in [0.3, 0.4) is 0 Å². The Morgan fingerprint density at radius 3 is 2.44 bits per heavy atom. The number of hydrogen-bond donors (Lipinski definition) is 0. The zero-order valence-corrected chi connectivity index (χ0v) is 22.1. The number of amides is 1. The van der Waals surface area contributed by atoms with Gasteiger partial charge in [-0.15, -0.1) is 0 Å². The molecule has 0 aliphatic carbocycles. The van der Waals surface area contributed by atoms with Gasteiger partial charge in [0, 0.05) is 58.0 Å². The number of piperazine rings is 1. The minimum absolute atomic E-state index is 0.122. The maximum absolute atomic E-state index is 13.2. The molecule has 1 amide bonds. The maximum atomic E-state index is 13.2. The third-order valence-corrected chi connectivity index (χ3v) is 7.68. The fraction of sp³-hybridized carbons (Fsp3) is 0.583. The number of nitriles is 1. The van der Waals surface area contributed by atoms with Gasteiger partial charge in [0.1, 0.15) is 21.8 Å². The van der Waals surface area contributed by atoms with E-state index in [9.17, 15) is 14.9 Å². The lowest BCUT2D eigenvalue weighted by atomic mass is 10.0. The van der Waals surface area contributed by atoms with E-state index in [1.54, 1.807) is 16.4 Å². The van der Waals surface area contributed by atoms with Gasteiger partial charge in [-0.25, -0.2) is 0 Å². The Morgan fingerprint density at radius 2 is 1.85 bits per heavy atom. The van der Waals surface area contributed by atoms with Crippen LogP contribution in [0.25, 0.3) is 6.08 Å². The van der Waals surface area contributed by atoms with Gasteiger partial charge in [-0.05, 0) is 45.4 Å². The van der Waals surface area contributed by atoms with Crippen LogP contribution in [0.2, 0.25) is 0 Å². The molecule has 8 nitrogen and oxygen atoms in total. The number of thiocarbonyl (C=S) groups is 1. The van der Waals surface area contributed by atoms with E-state index >= 15 is 0 Å². The van der Waals surface area contributed by atoms with E-state index < -0.39 is 0 Å². The molecular formula is C24H33N5O3S2. The van der Waals surface area contributed by atoms with Gasteiger partial charge in [0.15, 0.2) is 0 Å². The summed E-state index contributed by atoms with van der Waals surface area (Å²) in [6.45, 7) is 14.3. The van der Waals surface area contributed by atoms with Crippen molar-refractivity contribution < 1.29 is 9.53 Å². The third kappa shape index (κ3) is 5.38. The average molecular weight is 504 g/mol. The van der Waals surface area contributed by atoms with Gasteiger partial charge < -0.3 is 14.5 Å².